The van der Waals surface area contributed by atoms with Crippen LogP contribution in [0.1, 0.15) is 19.3 Å². The molecule has 1 aliphatic rings. The third-order valence-corrected chi connectivity index (χ3v) is 2.93. The molecule has 0 radical (unpaired) electrons. The zero-order chi connectivity index (χ0) is 14.4. The van der Waals surface area contributed by atoms with Crippen LogP contribution in [0.5, 0.6) is 0 Å². The molecule has 3 unspecified atom stereocenters. The lowest BCUT2D eigenvalue weighted by atomic mass is 10.1. The number of hydrogen-bond donors (Lipinski definition) is 3. The summed E-state index contributed by atoms with van der Waals surface area (Å²) in [4.78, 5) is 33.8. The van der Waals surface area contributed by atoms with Crippen molar-refractivity contribution in [3.63, 3.8) is 0 Å². The van der Waals surface area contributed by atoms with Gasteiger partial charge in [0, 0.05) is 12.5 Å². The van der Waals surface area contributed by atoms with Gasteiger partial charge in [-0.3, -0.25) is 9.59 Å². The number of ether oxygens (including phenoxy) is 1. The molecule has 0 saturated heterocycles. The van der Waals surface area contributed by atoms with Gasteiger partial charge in [-0.1, -0.05) is 12.2 Å². The smallest absolute Gasteiger partial charge is 0.326 e. The first-order valence-corrected chi connectivity index (χ1v) is 5.98. The molecular formula is C12H18N2O5. The standard InChI is InChI=1S/C12H18N2O5/c1-19-10(15)5-4-9(12(17)18)14-11(16)7-2-3-8(13)6-7/h2-3,7-9H,4-6,13H2,1H3,(H,14,16)(H,17,18). The minimum atomic E-state index is -1.18. The molecule has 3 atom stereocenters. The molecular weight excluding hydrogens is 252 g/mol. The van der Waals surface area contributed by atoms with Crippen LogP contribution < -0.4 is 11.1 Å². The van der Waals surface area contributed by atoms with Crippen molar-refractivity contribution in [2.75, 3.05) is 7.11 Å². The van der Waals surface area contributed by atoms with Crippen molar-refractivity contribution in [3.8, 4) is 0 Å². The number of carbonyl (C=O) groups excluding carboxylic acids is 2. The fourth-order valence-electron chi connectivity index (χ4n) is 1.82. The molecule has 0 aliphatic heterocycles. The van der Waals surface area contributed by atoms with Gasteiger partial charge < -0.3 is 20.9 Å². The molecule has 19 heavy (non-hydrogen) atoms. The Bertz CT molecular complexity index is 394. The second kappa shape index (κ2) is 6.89. The lowest BCUT2D eigenvalue weighted by Gasteiger charge is -2.16. The Hall–Kier alpha value is -1.89. The van der Waals surface area contributed by atoms with E-state index in [1.165, 1.54) is 7.11 Å². The van der Waals surface area contributed by atoms with E-state index in [9.17, 15) is 14.4 Å². The van der Waals surface area contributed by atoms with E-state index < -0.39 is 23.9 Å². The minimum Gasteiger partial charge on any atom is -0.480 e. The Morgan fingerprint density at radius 2 is 2.16 bits per heavy atom. The highest BCUT2D eigenvalue weighted by Gasteiger charge is 2.27. The van der Waals surface area contributed by atoms with Crippen molar-refractivity contribution < 1.29 is 24.2 Å². The fourth-order valence-corrected chi connectivity index (χ4v) is 1.82. The van der Waals surface area contributed by atoms with Crippen molar-refractivity contribution in [3.05, 3.63) is 12.2 Å². The molecule has 0 heterocycles. The Balaban J connectivity index is 2.49. The zero-order valence-electron chi connectivity index (χ0n) is 10.7. The molecule has 0 fully saturated rings. The largest absolute Gasteiger partial charge is 0.480 e. The van der Waals surface area contributed by atoms with Gasteiger partial charge in [-0.05, 0) is 12.8 Å². The number of amides is 1. The Morgan fingerprint density at radius 1 is 1.47 bits per heavy atom. The number of methoxy groups -OCH3 is 1. The zero-order valence-corrected chi connectivity index (χ0v) is 10.7. The van der Waals surface area contributed by atoms with Gasteiger partial charge in [0.1, 0.15) is 6.04 Å². The highest BCUT2D eigenvalue weighted by atomic mass is 16.5. The molecule has 0 spiro atoms. The number of hydrogen-bond acceptors (Lipinski definition) is 5. The van der Waals surface area contributed by atoms with E-state index in [1.54, 1.807) is 12.2 Å². The summed E-state index contributed by atoms with van der Waals surface area (Å²) in [6, 6.07) is -1.27. The van der Waals surface area contributed by atoms with Crippen LogP contribution in [0.25, 0.3) is 0 Å². The molecule has 7 heteroatoms. The number of carboxylic acid groups (broad SMARTS) is 1. The summed E-state index contributed by atoms with van der Waals surface area (Å²) in [5.74, 6) is -2.48. The van der Waals surface area contributed by atoms with E-state index in [0.717, 1.165) is 0 Å². The van der Waals surface area contributed by atoms with Crippen molar-refractivity contribution in [1.29, 1.82) is 0 Å². The van der Waals surface area contributed by atoms with Crippen molar-refractivity contribution >= 4 is 17.8 Å². The lowest BCUT2D eigenvalue weighted by molar-refractivity contribution is -0.144. The van der Waals surface area contributed by atoms with Crippen LogP contribution in [-0.4, -0.2) is 42.1 Å². The first-order chi connectivity index (χ1) is 8.93. The maximum atomic E-state index is 11.8. The summed E-state index contributed by atoms with van der Waals surface area (Å²) in [6.07, 6.45) is 3.78. The summed E-state index contributed by atoms with van der Waals surface area (Å²) in [7, 11) is 1.22. The topological polar surface area (TPSA) is 119 Å². The molecule has 0 saturated carbocycles. The van der Waals surface area contributed by atoms with Gasteiger partial charge >= 0.3 is 11.9 Å². The fraction of sp³-hybridized carbons (Fsp3) is 0.583. The molecule has 1 amide bonds. The van der Waals surface area contributed by atoms with Gasteiger partial charge in [0.05, 0.1) is 13.0 Å². The number of carbonyl (C=O) groups is 3. The Labute approximate surface area is 110 Å². The monoisotopic (exact) mass is 270 g/mol. The predicted molar refractivity (Wildman–Crippen MR) is 66.0 cm³/mol. The predicted octanol–water partition coefficient (Wildman–Crippen LogP) is -0.588. The number of rotatable bonds is 6. The third kappa shape index (κ3) is 4.70. The normalized spacial score (nSPS) is 22.8. The van der Waals surface area contributed by atoms with E-state index in [2.05, 4.69) is 10.1 Å². The average molecular weight is 270 g/mol. The van der Waals surface area contributed by atoms with Gasteiger partial charge in [-0.2, -0.15) is 0 Å². The summed E-state index contributed by atoms with van der Waals surface area (Å²) >= 11 is 0. The minimum absolute atomic E-state index is 0.00374. The van der Waals surface area contributed by atoms with Crippen LogP contribution in [0.4, 0.5) is 0 Å². The average Bonchev–Trinajstić information content (AvgIpc) is 2.80. The number of esters is 1. The molecule has 0 bridgehead atoms. The van der Waals surface area contributed by atoms with E-state index in [0.29, 0.717) is 6.42 Å². The van der Waals surface area contributed by atoms with Gasteiger partial charge in [0.15, 0.2) is 0 Å². The summed E-state index contributed by atoms with van der Waals surface area (Å²) < 4.78 is 4.43. The molecule has 7 nitrogen and oxygen atoms in total. The number of carboxylic acids is 1. The highest BCUT2D eigenvalue weighted by Crippen LogP contribution is 2.16. The highest BCUT2D eigenvalue weighted by molar-refractivity contribution is 5.86. The number of nitrogens with one attached hydrogen (secondary N) is 1. The van der Waals surface area contributed by atoms with Crippen molar-refractivity contribution in [2.45, 2.75) is 31.3 Å². The number of aliphatic carboxylic acids is 1. The first-order valence-electron chi connectivity index (χ1n) is 5.98. The second-order valence-corrected chi connectivity index (χ2v) is 4.41. The molecule has 0 aromatic carbocycles. The Kier molecular flexibility index (Phi) is 5.50. The lowest BCUT2D eigenvalue weighted by Crippen LogP contribution is -2.43. The molecule has 4 N–H and O–H groups in total. The molecule has 0 aromatic rings. The van der Waals surface area contributed by atoms with Gasteiger partial charge in [0.25, 0.3) is 0 Å². The quantitative estimate of drug-likeness (QED) is 0.438. The molecule has 1 aliphatic carbocycles. The first kappa shape index (κ1) is 15.2. The molecule has 106 valence electrons. The van der Waals surface area contributed by atoms with Gasteiger partial charge in [-0.25, -0.2) is 4.79 Å². The van der Waals surface area contributed by atoms with Crippen molar-refractivity contribution in [1.82, 2.24) is 5.32 Å². The summed E-state index contributed by atoms with van der Waals surface area (Å²) in [5.41, 5.74) is 5.63. The van der Waals surface area contributed by atoms with Crippen LogP contribution in [-0.2, 0) is 19.1 Å². The maximum absolute atomic E-state index is 11.8. The van der Waals surface area contributed by atoms with Gasteiger partial charge in [-0.15, -0.1) is 0 Å². The summed E-state index contributed by atoms with van der Waals surface area (Å²) in [5, 5.41) is 11.4. The van der Waals surface area contributed by atoms with E-state index >= 15 is 0 Å². The van der Waals surface area contributed by atoms with Gasteiger partial charge in [0.2, 0.25) is 5.91 Å². The maximum Gasteiger partial charge on any atom is 0.326 e. The van der Waals surface area contributed by atoms with E-state index in [4.69, 9.17) is 10.8 Å². The molecule has 0 aromatic heterocycles. The van der Waals surface area contributed by atoms with Crippen LogP contribution in [0, 0.1) is 5.92 Å². The van der Waals surface area contributed by atoms with Crippen LogP contribution in [0.15, 0.2) is 12.2 Å². The SMILES string of the molecule is COC(=O)CCC(NC(=O)C1C=CC(N)C1)C(=O)O. The van der Waals surface area contributed by atoms with E-state index in [-0.39, 0.29) is 24.8 Å². The second-order valence-electron chi connectivity index (χ2n) is 4.41. The van der Waals surface area contributed by atoms with E-state index in [1.807, 2.05) is 0 Å². The van der Waals surface area contributed by atoms with Crippen LogP contribution in [0.2, 0.25) is 0 Å². The van der Waals surface area contributed by atoms with Crippen LogP contribution in [0.3, 0.4) is 0 Å². The molecule has 1 rings (SSSR count). The van der Waals surface area contributed by atoms with Crippen molar-refractivity contribution in [2.24, 2.45) is 11.7 Å². The third-order valence-electron chi connectivity index (χ3n) is 2.93. The number of nitrogens with two attached hydrogens (primary N) is 1. The summed E-state index contributed by atoms with van der Waals surface area (Å²) in [6.45, 7) is 0. The Morgan fingerprint density at radius 3 is 2.63 bits per heavy atom. The van der Waals surface area contributed by atoms with Crippen LogP contribution >= 0.6 is 0 Å².